The van der Waals surface area contributed by atoms with Gasteiger partial charge in [-0.25, -0.2) is 0 Å². The third kappa shape index (κ3) is 2.25. The molecule has 1 aromatic carbocycles. The number of hydrogen-bond acceptors (Lipinski definition) is 2. The average molecular weight is 218 g/mol. The molecule has 1 aromatic rings. The molecule has 1 aliphatic heterocycles. The fourth-order valence-corrected chi connectivity index (χ4v) is 2.01. The van der Waals surface area contributed by atoms with Crippen LogP contribution in [0.5, 0.6) is 0 Å². The Morgan fingerprint density at radius 1 is 1.25 bits per heavy atom. The fourth-order valence-electron chi connectivity index (χ4n) is 2.01. The Balaban J connectivity index is 2.27. The van der Waals surface area contributed by atoms with Crippen molar-refractivity contribution in [2.45, 2.75) is 19.9 Å². The summed E-state index contributed by atoms with van der Waals surface area (Å²) in [7, 11) is 0. The average Bonchev–Trinajstić information content (AvgIpc) is 2.44. The van der Waals surface area contributed by atoms with Gasteiger partial charge in [-0.05, 0) is 25.0 Å². The molecular formula is C13H18N2O. The molecule has 0 aromatic heterocycles. The van der Waals surface area contributed by atoms with E-state index in [0.717, 1.165) is 18.8 Å². The smallest absolute Gasteiger partial charge is 0.243 e. The Kier molecular flexibility index (Phi) is 3.25. The van der Waals surface area contributed by atoms with E-state index < -0.39 is 0 Å². The second-order valence-electron chi connectivity index (χ2n) is 4.52. The second-order valence-corrected chi connectivity index (χ2v) is 4.52. The van der Waals surface area contributed by atoms with Gasteiger partial charge in [0.25, 0.3) is 0 Å². The highest BCUT2D eigenvalue weighted by atomic mass is 16.2. The minimum atomic E-state index is -0.0924. The van der Waals surface area contributed by atoms with Crippen LogP contribution >= 0.6 is 0 Å². The van der Waals surface area contributed by atoms with Crippen LogP contribution in [0.1, 0.15) is 13.8 Å². The number of anilines is 1. The van der Waals surface area contributed by atoms with E-state index in [-0.39, 0.29) is 11.9 Å². The Bertz CT molecular complexity index is 363. The molecule has 2 unspecified atom stereocenters. The molecule has 1 fully saturated rings. The van der Waals surface area contributed by atoms with Gasteiger partial charge < -0.3 is 10.2 Å². The Labute approximate surface area is 96.5 Å². The standard InChI is InChI=1S/C13H18N2O/c1-10-8-14-11(2)13(16)15(9-10)12-6-4-3-5-7-12/h3-7,10-11,14H,8-9H2,1-2H3. The number of carbonyl (C=O) groups is 1. The van der Waals surface area contributed by atoms with E-state index >= 15 is 0 Å². The molecule has 1 aliphatic rings. The molecule has 1 heterocycles. The molecule has 3 nitrogen and oxygen atoms in total. The van der Waals surface area contributed by atoms with E-state index in [4.69, 9.17) is 0 Å². The van der Waals surface area contributed by atoms with Crippen LogP contribution in [-0.4, -0.2) is 25.0 Å². The number of nitrogens with zero attached hydrogens (tertiary/aromatic N) is 1. The maximum Gasteiger partial charge on any atom is 0.243 e. The lowest BCUT2D eigenvalue weighted by Gasteiger charge is -2.24. The fraction of sp³-hybridized carbons (Fsp3) is 0.462. The maximum absolute atomic E-state index is 12.2. The molecule has 1 N–H and O–H groups in total. The van der Waals surface area contributed by atoms with Gasteiger partial charge in [-0.3, -0.25) is 4.79 Å². The summed E-state index contributed by atoms with van der Waals surface area (Å²) < 4.78 is 0. The SMILES string of the molecule is CC1CNC(C)C(=O)N(c2ccccc2)C1. The summed E-state index contributed by atoms with van der Waals surface area (Å²) in [5.74, 6) is 0.643. The first-order chi connectivity index (χ1) is 7.68. The predicted octanol–water partition coefficient (Wildman–Crippen LogP) is 1.65. The van der Waals surface area contributed by atoms with E-state index in [9.17, 15) is 4.79 Å². The summed E-state index contributed by atoms with van der Waals surface area (Å²) in [6.45, 7) is 5.78. The molecule has 0 aliphatic carbocycles. The number of para-hydroxylation sites is 1. The van der Waals surface area contributed by atoms with Gasteiger partial charge in [-0.15, -0.1) is 0 Å². The molecule has 2 rings (SSSR count). The summed E-state index contributed by atoms with van der Waals surface area (Å²) >= 11 is 0. The van der Waals surface area contributed by atoms with Gasteiger partial charge in [0.05, 0.1) is 6.04 Å². The van der Waals surface area contributed by atoms with Crippen molar-refractivity contribution in [1.29, 1.82) is 0 Å². The largest absolute Gasteiger partial charge is 0.311 e. The lowest BCUT2D eigenvalue weighted by Crippen LogP contribution is -2.41. The zero-order valence-corrected chi connectivity index (χ0v) is 9.81. The molecule has 0 bridgehead atoms. The summed E-state index contributed by atoms with van der Waals surface area (Å²) in [6.07, 6.45) is 0. The molecule has 86 valence electrons. The molecule has 3 heteroatoms. The quantitative estimate of drug-likeness (QED) is 0.777. The van der Waals surface area contributed by atoms with Gasteiger partial charge in [0, 0.05) is 18.8 Å². The van der Waals surface area contributed by atoms with E-state index in [1.165, 1.54) is 0 Å². The van der Waals surface area contributed by atoms with Crippen LogP contribution in [0.2, 0.25) is 0 Å². The highest BCUT2D eigenvalue weighted by Crippen LogP contribution is 2.18. The van der Waals surface area contributed by atoms with Crippen molar-refractivity contribution in [3.8, 4) is 0 Å². The molecule has 2 atom stereocenters. The van der Waals surface area contributed by atoms with Crippen LogP contribution < -0.4 is 10.2 Å². The van der Waals surface area contributed by atoms with Gasteiger partial charge in [-0.1, -0.05) is 25.1 Å². The van der Waals surface area contributed by atoms with Crippen LogP contribution in [0, 0.1) is 5.92 Å². The Morgan fingerprint density at radius 2 is 1.94 bits per heavy atom. The summed E-state index contributed by atoms with van der Waals surface area (Å²) in [5, 5.41) is 3.25. The number of rotatable bonds is 1. The van der Waals surface area contributed by atoms with Crippen molar-refractivity contribution >= 4 is 11.6 Å². The second kappa shape index (κ2) is 4.66. The lowest BCUT2D eigenvalue weighted by molar-refractivity contribution is -0.119. The lowest BCUT2D eigenvalue weighted by atomic mass is 10.1. The molecule has 1 saturated heterocycles. The Morgan fingerprint density at radius 3 is 2.62 bits per heavy atom. The van der Waals surface area contributed by atoms with Gasteiger partial charge in [0.15, 0.2) is 0 Å². The number of amides is 1. The van der Waals surface area contributed by atoms with Crippen LogP contribution in [0.4, 0.5) is 5.69 Å². The van der Waals surface area contributed by atoms with Crippen molar-refractivity contribution in [3.05, 3.63) is 30.3 Å². The zero-order chi connectivity index (χ0) is 11.5. The zero-order valence-electron chi connectivity index (χ0n) is 9.81. The summed E-state index contributed by atoms with van der Waals surface area (Å²) in [6, 6.07) is 9.79. The predicted molar refractivity (Wildman–Crippen MR) is 65.4 cm³/mol. The van der Waals surface area contributed by atoms with Crippen molar-refractivity contribution in [3.63, 3.8) is 0 Å². The number of carbonyl (C=O) groups excluding carboxylic acids is 1. The third-order valence-corrected chi connectivity index (χ3v) is 2.97. The molecule has 1 amide bonds. The monoisotopic (exact) mass is 218 g/mol. The number of nitrogens with one attached hydrogen (secondary N) is 1. The van der Waals surface area contributed by atoms with Gasteiger partial charge in [0.1, 0.15) is 0 Å². The molecular weight excluding hydrogens is 200 g/mol. The third-order valence-electron chi connectivity index (χ3n) is 2.97. The molecule has 0 saturated carbocycles. The highest BCUT2D eigenvalue weighted by molar-refractivity contribution is 5.97. The van der Waals surface area contributed by atoms with Crippen molar-refractivity contribution in [2.24, 2.45) is 5.92 Å². The van der Waals surface area contributed by atoms with E-state index in [1.807, 2.05) is 42.2 Å². The first-order valence-electron chi connectivity index (χ1n) is 5.78. The van der Waals surface area contributed by atoms with E-state index in [2.05, 4.69) is 12.2 Å². The first-order valence-corrected chi connectivity index (χ1v) is 5.78. The van der Waals surface area contributed by atoms with Gasteiger partial charge >= 0.3 is 0 Å². The van der Waals surface area contributed by atoms with Crippen LogP contribution in [0.3, 0.4) is 0 Å². The number of benzene rings is 1. The van der Waals surface area contributed by atoms with Gasteiger partial charge in [-0.2, -0.15) is 0 Å². The van der Waals surface area contributed by atoms with Gasteiger partial charge in [0.2, 0.25) is 5.91 Å². The minimum Gasteiger partial charge on any atom is -0.311 e. The van der Waals surface area contributed by atoms with Crippen molar-refractivity contribution in [1.82, 2.24) is 5.32 Å². The maximum atomic E-state index is 12.2. The first kappa shape index (κ1) is 11.1. The summed E-state index contributed by atoms with van der Waals surface area (Å²) in [4.78, 5) is 14.0. The normalized spacial score (nSPS) is 26.6. The van der Waals surface area contributed by atoms with Crippen LogP contribution in [-0.2, 0) is 4.79 Å². The van der Waals surface area contributed by atoms with Crippen molar-refractivity contribution < 1.29 is 4.79 Å². The topological polar surface area (TPSA) is 32.3 Å². The molecule has 0 radical (unpaired) electrons. The van der Waals surface area contributed by atoms with E-state index in [0.29, 0.717) is 5.92 Å². The highest BCUT2D eigenvalue weighted by Gasteiger charge is 2.26. The number of hydrogen-bond donors (Lipinski definition) is 1. The van der Waals surface area contributed by atoms with Crippen LogP contribution in [0.25, 0.3) is 0 Å². The van der Waals surface area contributed by atoms with Crippen molar-refractivity contribution in [2.75, 3.05) is 18.0 Å². The molecule has 16 heavy (non-hydrogen) atoms. The van der Waals surface area contributed by atoms with E-state index in [1.54, 1.807) is 0 Å². The Hall–Kier alpha value is -1.35. The summed E-state index contributed by atoms with van der Waals surface area (Å²) in [5.41, 5.74) is 0.995. The van der Waals surface area contributed by atoms with Crippen LogP contribution in [0.15, 0.2) is 30.3 Å². The minimum absolute atomic E-state index is 0.0924. The molecule has 0 spiro atoms.